The van der Waals surface area contributed by atoms with Crippen molar-refractivity contribution in [2.45, 2.75) is 10.8 Å². The highest BCUT2D eigenvalue weighted by molar-refractivity contribution is 7.98. The van der Waals surface area contributed by atoms with Gasteiger partial charge in [-0.2, -0.15) is 5.26 Å². The highest BCUT2D eigenvalue weighted by Gasteiger charge is 2.13. The summed E-state index contributed by atoms with van der Waals surface area (Å²) in [5.74, 6) is -0.00610. The molecule has 1 N–H and O–H groups in total. The van der Waals surface area contributed by atoms with E-state index in [9.17, 15) is 9.18 Å². The van der Waals surface area contributed by atoms with Gasteiger partial charge in [0.05, 0.1) is 5.03 Å². The summed E-state index contributed by atoms with van der Waals surface area (Å²) in [5.41, 5.74) is 0.260. The van der Waals surface area contributed by atoms with Crippen LogP contribution >= 0.6 is 35.0 Å². The van der Waals surface area contributed by atoms with Crippen LogP contribution in [-0.2, 0) is 5.75 Å². The Hall–Kier alpha value is -2.00. The third-order valence-electron chi connectivity index (χ3n) is 3.44. The Morgan fingerprint density at radius 1 is 1.17 bits per heavy atom. The topological polar surface area (TPSA) is 56.6 Å². The lowest BCUT2D eigenvalue weighted by Gasteiger charge is -2.09. The van der Waals surface area contributed by atoms with Crippen molar-refractivity contribution >= 4 is 45.7 Å². The lowest BCUT2D eigenvalue weighted by atomic mass is 10.1. The first-order valence-electron chi connectivity index (χ1n) is 6.82. The van der Waals surface area contributed by atoms with Gasteiger partial charge in [0.2, 0.25) is 0 Å². The molecule has 0 bridgehead atoms. The predicted molar refractivity (Wildman–Crippen MR) is 95.3 cm³/mol. The first-order chi connectivity index (χ1) is 11.5. The minimum absolute atomic E-state index is 0.0323. The number of rotatable bonds is 3. The number of thioether (sulfide) groups is 1. The second kappa shape index (κ2) is 6.86. The maximum Gasteiger partial charge on any atom is 0.267 e. The largest absolute Gasteiger partial charge is 0.315 e. The number of benzene rings is 2. The molecule has 0 aliphatic rings. The molecule has 0 atom stereocenters. The SMILES string of the molecule is N#Cc1c(=O)[nH]c(SCc2cc(Cl)ccc2Cl)c2cc(F)ccc12. The van der Waals surface area contributed by atoms with Gasteiger partial charge < -0.3 is 4.98 Å². The number of nitrogens with one attached hydrogen (secondary N) is 1. The molecule has 0 amide bonds. The fourth-order valence-electron chi connectivity index (χ4n) is 2.31. The van der Waals surface area contributed by atoms with Crippen LogP contribution in [0.15, 0.2) is 46.2 Å². The van der Waals surface area contributed by atoms with E-state index in [2.05, 4.69) is 4.98 Å². The van der Waals surface area contributed by atoms with Crippen LogP contribution in [0.4, 0.5) is 4.39 Å². The van der Waals surface area contributed by atoms with Crippen molar-refractivity contribution < 1.29 is 4.39 Å². The second-order valence-electron chi connectivity index (χ2n) is 4.98. The van der Waals surface area contributed by atoms with Gasteiger partial charge in [0.1, 0.15) is 17.4 Å². The van der Waals surface area contributed by atoms with Gasteiger partial charge in [-0.1, -0.05) is 23.2 Å². The zero-order valence-corrected chi connectivity index (χ0v) is 14.4. The molecule has 1 heterocycles. The minimum Gasteiger partial charge on any atom is -0.315 e. The molecule has 3 nitrogen and oxygen atoms in total. The van der Waals surface area contributed by atoms with Crippen molar-refractivity contribution in [3.05, 3.63) is 73.7 Å². The van der Waals surface area contributed by atoms with Crippen molar-refractivity contribution in [1.29, 1.82) is 5.26 Å². The van der Waals surface area contributed by atoms with Crippen LogP contribution in [0.25, 0.3) is 10.8 Å². The second-order valence-corrected chi connectivity index (χ2v) is 6.81. The lowest BCUT2D eigenvalue weighted by molar-refractivity contribution is 0.629. The summed E-state index contributed by atoms with van der Waals surface area (Å²) in [6.07, 6.45) is 0. The highest BCUT2D eigenvalue weighted by Crippen LogP contribution is 2.32. The molecule has 3 rings (SSSR count). The van der Waals surface area contributed by atoms with Crippen LogP contribution in [0.5, 0.6) is 0 Å². The van der Waals surface area contributed by atoms with Crippen LogP contribution in [0.1, 0.15) is 11.1 Å². The summed E-state index contributed by atoms with van der Waals surface area (Å²) >= 11 is 13.4. The Morgan fingerprint density at radius 3 is 2.71 bits per heavy atom. The first kappa shape index (κ1) is 16.8. The molecule has 24 heavy (non-hydrogen) atoms. The molecular formula is C17H9Cl2FN2OS. The van der Waals surface area contributed by atoms with Crippen LogP contribution < -0.4 is 5.56 Å². The number of aromatic amines is 1. The fraction of sp³-hybridized carbons (Fsp3) is 0.0588. The number of aromatic nitrogens is 1. The molecule has 0 aliphatic heterocycles. The minimum atomic E-state index is -0.503. The van der Waals surface area contributed by atoms with Gasteiger partial charge in [-0.15, -0.1) is 11.8 Å². The number of pyridine rings is 1. The maximum atomic E-state index is 13.6. The van der Waals surface area contributed by atoms with Crippen LogP contribution in [-0.4, -0.2) is 4.98 Å². The predicted octanol–water partition coefficient (Wildman–Crippen LogP) is 5.14. The number of fused-ring (bicyclic) bond motifs is 1. The average molecular weight is 379 g/mol. The van der Waals surface area contributed by atoms with Crippen LogP contribution in [0, 0.1) is 17.1 Å². The Balaban J connectivity index is 2.07. The third-order valence-corrected chi connectivity index (χ3v) is 5.11. The fourth-order valence-corrected chi connectivity index (χ4v) is 3.79. The quantitative estimate of drug-likeness (QED) is 0.642. The Bertz CT molecular complexity index is 1040. The number of hydrogen-bond acceptors (Lipinski definition) is 3. The summed E-state index contributed by atoms with van der Waals surface area (Å²) < 4.78 is 13.6. The van der Waals surface area contributed by atoms with Crippen LogP contribution in [0.2, 0.25) is 10.0 Å². The normalized spacial score (nSPS) is 10.8. The average Bonchev–Trinajstić information content (AvgIpc) is 2.56. The monoisotopic (exact) mass is 378 g/mol. The van der Waals surface area contributed by atoms with E-state index in [4.69, 9.17) is 28.5 Å². The molecule has 1 aromatic heterocycles. The zero-order valence-electron chi connectivity index (χ0n) is 12.1. The number of nitrogens with zero attached hydrogens (tertiary/aromatic N) is 1. The van der Waals surface area contributed by atoms with Crippen molar-refractivity contribution in [2.24, 2.45) is 0 Å². The molecule has 120 valence electrons. The molecule has 3 aromatic rings. The lowest BCUT2D eigenvalue weighted by Crippen LogP contribution is -2.11. The highest BCUT2D eigenvalue weighted by atomic mass is 35.5. The van der Waals surface area contributed by atoms with Gasteiger partial charge in [-0.05, 0) is 42.0 Å². The summed E-state index contributed by atoms with van der Waals surface area (Å²) in [6.45, 7) is 0. The van der Waals surface area contributed by atoms with Crippen molar-refractivity contribution in [3.63, 3.8) is 0 Å². The first-order valence-corrected chi connectivity index (χ1v) is 8.56. The number of halogens is 3. The molecule has 2 aromatic carbocycles. The van der Waals surface area contributed by atoms with E-state index < -0.39 is 11.4 Å². The number of H-pyrrole nitrogens is 1. The summed E-state index contributed by atoms with van der Waals surface area (Å²) in [6, 6.07) is 10.9. The van der Waals surface area contributed by atoms with Gasteiger partial charge in [0.15, 0.2) is 0 Å². The maximum absolute atomic E-state index is 13.6. The number of nitriles is 1. The van der Waals surface area contributed by atoms with Gasteiger partial charge >= 0.3 is 0 Å². The molecule has 0 unspecified atom stereocenters. The molecule has 0 spiro atoms. The molecular weight excluding hydrogens is 370 g/mol. The molecule has 7 heteroatoms. The van der Waals surface area contributed by atoms with Gasteiger partial charge in [-0.25, -0.2) is 4.39 Å². The molecule has 0 radical (unpaired) electrons. The smallest absolute Gasteiger partial charge is 0.267 e. The van der Waals surface area contributed by atoms with E-state index in [0.717, 1.165) is 5.56 Å². The van der Waals surface area contributed by atoms with E-state index in [1.807, 2.05) is 6.07 Å². The van der Waals surface area contributed by atoms with Gasteiger partial charge in [-0.3, -0.25) is 4.79 Å². The Kier molecular flexibility index (Phi) is 4.81. The third kappa shape index (κ3) is 3.27. The van der Waals surface area contributed by atoms with Gasteiger partial charge in [0.25, 0.3) is 5.56 Å². The molecule has 0 saturated carbocycles. The standard InChI is InChI=1S/C17H9Cl2FN2OS/c18-10-1-4-15(19)9(5-10)8-24-17-13-6-11(20)2-3-12(13)14(7-21)16(23)22-17/h1-6H,8H2,(H,22,23). The van der Waals surface area contributed by atoms with Gasteiger partial charge in [0, 0.05) is 26.6 Å². The number of hydrogen-bond donors (Lipinski definition) is 1. The summed E-state index contributed by atoms with van der Waals surface area (Å²) in [7, 11) is 0. The van der Waals surface area contributed by atoms with E-state index in [1.54, 1.807) is 18.2 Å². The Morgan fingerprint density at radius 2 is 1.96 bits per heavy atom. The zero-order chi connectivity index (χ0) is 17.3. The molecule has 0 saturated heterocycles. The van der Waals surface area contributed by atoms with Crippen LogP contribution in [0.3, 0.4) is 0 Å². The Labute approximate surface area is 151 Å². The molecule has 0 aliphatic carbocycles. The molecule has 0 fully saturated rings. The van der Waals surface area contributed by atoms with E-state index in [0.29, 0.717) is 31.6 Å². The van der Waals surface area contributed by atoms with E-state index in [1.165, 1.54) is 30.0 Å². The van der Waals surface area contributed by atoms with E-state index >= 15 is 0 Å². The van der Waals surface area contributed by atoms with Crippen molar-refractivity contribution in [3.8, 4) is 6.07 Å². The summed E-state index contributed by atoms with van der Waals surface area (Å²) in [4.78, 5) is 14.7. The van der Waals surface area contributed by atoms with E-state index in [-0.39, 0.29) is 5.56 Å². The van der Waals surface area contributed by atoms with Crippen molar-refractivity contribution in [2.75, 3.05) is 0 Å². The summed E-state index contributed by atoms with van der Waals surface area (Å²) in [5, 5.41) is 11.6. The van der Waals surface area contributed by atoms with Crippen molar-refractivity contribution in [1.82, 2.24) is 4.98 Å².